The van der Waals surface area contributed by atoms with E-state index in [4.69, 9.17) is 5.11 Å². The fourth-order valence-electron chi connectivity index (χ4n) is 1.82. The van der Waals surface area contributed by atoms with E-state index >= 15 is 0 Å². The molecular weight excluding hydrogens is 320 g/mol. The molecule has 0 spiro atoms. The van der Waals surface area contributed by atoms with Gasteiger partial charge in [-0.1, -0.05) is 24.3 Å². The van der Waals surface area contributed by atoms with E-state index in [9.17, 15) is 0 Å². The van der Waals surface area contributed by atoms with Gasteiger partial charge in [0.25, 0.3) is 0 Å². The maximum atomic E-state index is 8.99. The second kappa shape index (κ2) is 4.81. The van der Waals surface area contributed by atoms with Crippen LogP contribution in [0.5, 0.6) is 0 Å². The van der Waals surface area contributed by atoms with Crippen molar-refractivity contribution in [3.05, 3.63) is 38.8 Å². The fraction of sp³-hybridized carbons (Fsp3) is 0.333. The molecule has 1 N–H and O–H groups in total. The zero-order valence-corrected chi connectivity index (χ0v) is 11.3. The molecule has 1 saturated carbocycles. The molecular formula is C12H12Br2O. The van der Waals surface area contributed by atoms with Gasteiger partial charge in [-0.3, -0.25) is 0 Å². The van der Waals surface area contributed by atoms with Crippen molar-refractivity contribution < 1.29 is 5.11 Å². The first-order valence-corrected chi connectivity index (χ1v) is 6.53. The van der Waals surface area contributed by atoms with Crippen LogP contribution in [0.15, 0.2) is 27.7 Å². The minimum Gasteiger partial charge on any atom is -0.396 e. The average Bonchev–Trinajstić information content (AvgIpc) is 2.97. The SMILES string of the molecule is OCC1CC1c1ccc(C=C(Br)Br)cc1. The lowest BCUT2D eigenvalue weighted by Crippen LogP contribution is -1.88. The summed E-state index contributed by atoms with van der Waals surface area (Å²) in [6.07, 6.45) is 3.15. The van der Waals surface area contributed by atoms with Gasteiger partial charge in [-0.05, 0) is 67.3 Å². The maximum absolute atomic E-state index is 8.99. The summed E-state index contributed by atoms with van der Waals surface area (Å²) < 4.78 is 0.947. The molecule has 2 rings (SSSR count). The molecule has 0 aliphatic heterocycles. The van der Waals surface area contributed by atoms with Crippen molar-refractivity contribution in [2.75, 3.05) is 6.61 Å². The van der Waals surface area contributed by atoms with Crippen LogP contribution in [-0.2, 0) is 0 Å². The minimum absolute atomic E-state index is 0.319. The monoisotopic (exact) mass is 330 g/mol. The van der Waals surface area contributed by atoms with Crippen LogP contribution in [-0.4, -0.2) is 11.7 Å². The highest BCUT2D eigenvalue weighted by molar-refractivity contribution is 9.28. The van der Waals surface area contributed by atoms with Crippen LogP contribution in [0.2, 0.25) is 0 Å². The van der Waals surface area contributed by atoms with E-state index in [-0.39, 0.29) is 0 Å². The van der Waals surface area contributed by atoms with Crippen molar-refractivity contribution in [2.45, 2.75) is 12.3 Å². The zero-order chi connectivity index (χ0) is 10.8. The van der Waals surface area contributed by atoms with E-state index in [2.05, 4.69) is 56.1 Å². The molecule has 1 nitrogen and oxygen atoms in total. The topological polar surface area (TPSA) is 20.2 Å². The summed E-state index contributed by atoms with van der Waals surface area (Å²) >= 11 is 6.67. The summed E-state index contributed by atoms with van der Waals surface area (Å²) in [6, 6.07) is 8.50. The lowest BCUT2D eigenvalue weighted by molar-refractivity contribution is 0.274. The van der Waals surface area contributed by atoms with E-state index in [1.807, 2.05) is 6.08 Å². The van der Waals surface area contributed by atoms with Gasteiger partial charge in [-0.15, -0.1) is 0 Å². The van der Waals surface area contributed by atoms with E-state index in [0.717, 1.165) is 9.81 Å². The molecule has 2 unspecified atom stereocenters. The Morgan fingerprint density at radius 1 is 1.33 bits per heavy atom. The lowest BCUT2D eigenvalue weighted by Gasteiger charge is -2.00. The van der Waals surface area contributed by atoms with Gasteiger partial charge in [0.1, 0.15) is 0 Å². The van der Waals surface area contributed by atoms with Crippen molar-refractivity contribution in [1.29, 1.82) is 0 Å². The second-order valence-corrected chi connectivity index (χ2v) is 6.66. The molecule has 0 heterocycles. The number of halogens is 2. The molecule has 1 aromatic rings. The van der Waals surface area contributed by atoms with Gasteiger partial charge in [0, 0.05) is 6.61 Å². The average molecular weight is 332 g/mol. The summed E-state index contributed by atoms with van der Waals surface area (Å²) in [7, 11) is 0. The van der Waals surface area contributed by atoms with Crippen LogP contribution >= 0.6 is 31.9 Å². The smallest absolute Gasteiger partial charge is 0.0610 e. The van der Waals surface area contributed by atoms with Gasteiger partial charge in [0.2, 0.25) is 0 Å². The highest BCUT2D eigenvalue weighted by Crippen LogP contribution is 2.46. The maximum Gasteiger partial charge on any atom is 0.0610 e. The molecule has 0 radical (unpaired) electrons. The summed E-state index contributed by atoms with van der Waals surface area (Å²) in [5, 5.41) is 8.99. The second-order valence-electron chi connectivity index (χ2n) is 3.89. The number of hydrogen-bond acceptors (Lipinski definition) is 1. The molecule has 1 fully saturated rings. The molecule has 1 aliphatic rings. The molecule has 15 heavy (non-hydrogen) atoms. The molecule has 80 valence electrons. The van der Waals surface area contributed by atoms with Gasteiger partial charge in [-0.2, -0.15) is 0 Å². The number of benzene rings is 1. The summed E-state index contributed by atoms with van der Waals surface area (Å²) in [4.78, 5) is 0. The first-order valence-electron chi connectivity index (χ1n) is 4.94. The van der Waals surface area contributed by atoms with Crippen LogP contribution in [0.25, 0.3) is 6.08 Å². The van der Waals surface area contributed by atoms with Crippen molar-refractivity contribution >= 4 is 37.9 Å². The third-order valence-electron chi connectivity index (χ3n) is 2.80. The van der Waals surface area contributed by atoms with Crippen molar-refractivity contribution in [2.24, 2.45) is 5.92 Å². The van der Waals surface area contributed by atoms with Crippen LogP contribution in [0.3, 0.4) is 0 Å². The molecule has 0 amide bonds. The fourth-order valence-corrected chi connectivity index (χ4v) is 2.35. The third kappa shape index (κ3) is 2.92. The van der Waals surface area contributed by atoms with Crippen molar-refractivity contribution in [1.82, 2.24) is 0 Å². The zero-order valence-electron chi connectivity index (χ0n) is 8.16. The first kappa shape index (κ1) is 11.4. The summed E-state index contributed by atoms with van der Waals surface area (Å²) in [5.74, 6) is 1.08. The Labute approximate surface area is 106 Å². The van der Waals surface area contributed by atoms with Crippen LogP contribution in [0.4, 0.5) is 0 Å². The van der Waals surface area contributed by atoms with E-state index in [1.165, 1.54) is 11.1 Å². The molecule has 0 saturated heterocycles. The van der Waals surface area contributed by atoms with Gasteiger partial charge < -0.3 is 5.11 Å². The van der Waals surface area contributed by atoms with Crippen molar-refractivity contribution in [3.63, 3.8) is 0 Å². The predicted octanol–water partition coefficient (Wildman–Crippen LogP) is 3.87. The number of rotatable bonds is 3. The summed E-state index contributed by atoms with van der Waals surface area (Å²) in [5.41, 5.74) is 2.51. The Morgan fingerprint density at radius 2 is 2.00 bits per heavy atom. The standard InChI is InChI=1S/C12H12Br2O/c13-12(14)5-8-1-3-9(4-2-8)11-6-10(11)7-15/h1-5,10-11,15H,6-7H2. The molecule has 2 atom stereocenters. The Balaban J connectivity index is 2.08. The predicted molar refractivity (Wildman–Crippen MR) is 70.2 cm³/mol. The number of aliphatic hydroxyl groups is 1. The molecule has 1 aliphatic carbocycles. The van der Waals surface area contributed by atoms with Crippen LogP contribution in [0.1, 0.15) is 23.5 Å². The third-order valence-corrected chi connectivity index (χ3v) is 3.26. The Morgan fingerprint density at radius 3 is 2.47 bits per heavy atom. The number of hydrogen-bond donors (Lipinski definition) is 1. The molecule has 0 bridgehead atoms. The lowest BCUT2D eigenvalue weighted by atomic mass is 10.1. The van der Waals surface area contributed by atoms with Crippen LogP contribution in [0, 0.1) is 5.92 Å². The largest absolute Gasteiger partial charge is 0.396 e. The van der Waals surface area contributed by atoms with E-state index in [1.54, 1.807) is 0 Å². The molecule has 3 heteroatoms. The van der Waals surface area contributed by atoms with Crippen molar-refractivity contribution in [3.8, 4) is 0 Å². The molecule has 1 aromatic carbocycles. The van der Waals surface area contributed by atoms with Gasteiger partial charge >= 0.3 is 0 Å². The van der Waals surface area contributed by atoms with Gasteiger partial charge in [0.05, 0.1) is 3.39 Å². The Kier molecular flexibility index (Phi) is 3.65. The van der Waals surface area contributed by atoms with Crippen LogP contribution < -0.4 is 0 Å². The van der Waals surface area contributed by atoms with Gasteiger partial charge in [0.15, 0.2) is 0 Å². The van der Waals surface area contributed by atoms with Gasteiger partial charge in [-0.25, -0.2) is 0 Å². The first-order chi connectivity index (χ1) is 7.20. The number of aliphatic hydroxyl groups excluding tert-OH is 1. The van der Waals surface area contributed by atoms with E-state index < -0.39 is 0 Å². The van der Waals surface area contributed by atoms with E-state index in [0.29, 0.717) is 18.4 Å². The quantitative estimate of drug-likeness (QED) is 0.891. The Bertz CT molecular complexity index is 366. The summed E-state index contributed by atoms with van der Waals surface area (Å²) in [6.45, 7) is 0.319. The molecule has 0 aromatic heterocycles. The highest BCUT2D eigenvalue weighted by Gasteiger charge is 2.37. The highest BCUT2D eigenvalue weighted by atomic mass is 79.9. The Hall–Kier alpha value is -0.120. The normalized spacial score (nSPS) is 23.7. The minimum atomic E-state index is 0.319.